The molecular weight excluding hydrogens is 256 g/mol. The highest BCUT2D eigenvalue weighted by Crippen LogP contribution is 2.26. The van der Waals surface area contributed by atoms with Gasteiger partial charge in [0, 0.05) is 5.41 Å². The highest BCUT2D eigenvalue weighted by molar-refractivity contribution is 5.85. The van der Waals surface area contributed by atoms with E-state index in [2.05, 4.69) is 5.10 Å². The number of carboxylic acid groups (broad SMARTS) is 1. The lowest BCUT2D eigenvalue weighted by atomic mass is 9.91. The molecule has 0 aliphatic rings. The van der Waals surface area contributed by atoms with Crippen molar-refractivity contribution in [3.05, 3.63) is 41.7 Å². The molecule has 0 atom stereocenters. The van der Waals surface area contributed by atoms with Crippen molar-refractivity contribution < 1.29 is 14.6 Å². The summed E-state index contributed by atoms with van der Waals surface area (Å²) in [6.45, 7) is 6.07. The molecule has 1 heterocycles. The molecular formula is C15H18N2O3. The van der Waals surface area contributed by atoms with Gasteiger partial charge in [0.25, 0.3) is 0 Å². The van der Waals surface area contributed by atoms with Crippen LogP contribution in [0.3, 0.4) is 0 Å². The zero-order valence-corrected chi connectivity index (χ0v) is 12.0. The standard InChI is InChI=1S/C15H18N2O3/c1-15(2,3)13-9-12(14(18)19)16-17(13)10-5-7-11(20-4)8-6-10/h5-9H,1-4H3,(H,18,19). The predicted octanol–water partition coefficient (Wildman–Crippen LogP) is 2.88. The second kappa shape index (κ2) is 5.00. The lowest BCUT2D eigenvalue weighted by Crippen LogP contribution is -2.17. The maximum atomic E-state index is 11.1. The molecule has 0 aliphatic carbocycles. The number of rotatable bonds is 3. The molecule has 0 unspecified atom stereocenters. The lowest BCUT2D eigenvalue weighted by Gasteiger charge is -2.20. The Balaban J connectivity index is 2.56. The van der Waals surface area contributed by atoms with Crippen LogP contribution in [0.25, 0.3) is 5.69 Å². The average molecular weight is 274 g/mol. The van der Waals surface area contributed by atoms with Crippen molar-refractivity contribution >= 4 is 5.97 Å². The van der Waals surface area contributed by atoms with Crippen molar-refractivity contribution in [2.24, 2.45) is 0 Å². The van der Waals surface area contributed by atoms with Crippen LogP contribution in [0, 0.1) is 0 Å². The van der Waals surface area contributed by atoms with Crippen LogP contribution in [0.2, 0.25) is 0 Å². The van der Waals surface area contributed by atoms with Gasteiger partial charge in [-0.05, 0) is 30.3 Å². The van der Waals surface area contributed by atoms with Crippen LogP contribution >= 0.6 is 0 Å². The van der Waals surface area contributed by atoms with E-state index in [1.165, 1.54) is 0 Å². The number of nitrogens with zero attached hydrogens (tertiary/aromatic N) is 2. The van der Waals surface area contributed by atoms with Gasteiger partial charge in [0.2, 0.25) is 0 Å². The Morgan fingerprint density at radius 1 is 1.25 bits per heavy atom. The van der Waals surface area contributed by atoms with Gasteiger partial charge in [-0.3, -0.25) is 0 Å². The molecule has 0 saturated carbocycles. The van der Waals surface area contributed by atoms with E-state index in [1.54, 1.807) is 17.9 Å². The minimum Gasteiger partial charge on any atom is -0.497 e. The lowest BCUT2D eigenvalue weighted by molar-refractivity contribution is 0.0690. The molecule has 0 bridgehead atoms. The largest absolute Gasteiger partial charge is 0.497 e. The Kier molecular flexibility index (Phi) is 3.53. The number of carboxylic acids is 1. The Hall–Kier alpha value is -2.30. The summed E-state index contributed by atoms with van der Waals surface area (Å²) in [6.07, 6.45) is 0. The van der Waals surface area contributed by atoms with Crippen LogP contribution in [-0.4, -0.2) is 28.0 Å². The monoisotopic (exact) mass is 274 g/mol. The van der Waals surface area contributed by atoms with E-state index in [1.807, 2.05) is 45.0 Å². The van der Waals surface area contributed by atoms with Crippen molar-refractivity contribution in [1.29, 1.82) is 0 Å². The Morgan fingerprint density at radius 2 is 1.85 bits per heavy atom. The molecule has 106 valence electrons. The molecule has 20 heavy (non-hydrogen) atoms. The van der Waals surface area contributed by atoms with Gasteiger partial charge in [-0.15, -0.1) is 0 Å². The van der Waals surface area contributed by atoms with Crippen LogP contribution in [-0.2, 0) is 5.41 Å². The number of hydrogen-bond donors (Lipinski definition) is 1. The van der Waals surface area contributed by atoms with Crippen molar-refractivity contribution in [3.8, 4) is 11.4 Å². The van der Waals surface area contributed by atoms with E-state index < -0.39 is 5.97 Å². The zero-order chi connectivity index (χ0) is 14.9. The second-order valence-electron chi connectivity index (χ2n) is 5.58. The number of aromatic nitrogens is 2. The number of hydrogen-bond acceptors (Lipinski definition) is 3. The molecule has 5 nitrogen and oxygen atoms in total. The topological polar surface area (TPSA) is 64.4 Å². The molecule has 0 saturated heterocycles. The highest BCUT2D eigenvalue weighted by atomic mass is 16.5. The van der Waals surface area contributed by atoms with Crippen molar-refractivity contribution in [2.45, 2.75) is 26.2 Å². The summed E-state index contributed by atoms with van der Waals surface area (Å²) in [5.41, 5.74) is 1.50. The second-order valence-corrected chi connectivity index (χ2v) is 5.58. The maximum Gasteiger partial charge on any atom is 0.356 e. The number of methoxy groups -OCH3 is 1. The van der Waals surface area contributed by atoms with Gasteiger partial charge < -0.3 is 9.84 Å². The normalized spacial score (nSPS) is 11.4. The quantitative estimate of drug-likeness (QED) is 0.934. The maximum absolute atomic E-state index is 11.1. The molecule has 0 fully saturated rings. The fourth-order valence-corrected chi connectivity index (χ4v) is 1.94. The molecule has 0 spiro atoms. The zero-order valence-electron chi connectivity index (χ0n) is 12.0. The summed E-state index contributed by atoms with van der Waals surface area (Å²) < 4.78 is 6.79. The Labute approximate surface area is 117 Å². The first-order chi connectivity index (χ1) is 9.32. The summed E-state index contributed by atoms with van der Waals surface area (Å²) >= 11 is 0. The van der Waals surface area contributed by atoms with Crippen LogP contribution in [0.4, 0.5) is 0 Å². The van der Waals surface area contributed by atoms with Crippen molar-refractivity contribution in [2.75, 3.05) is 7.11 Å². The number of carbonyl (C=O) groups is 1. The molecule has 2 rings (SSSR count). The predicted molar refractivity (Wildman–Crippen MR) is 75.8 cm³/mol. The summed E-state index contributed by atoms with van der Waals surface area (Å²) in [5, 5.41) is 13.3. The SMILES string of the molecule is COc1ccc(-n2nc(C(=O)O)cc2C(C)(C)C)cc1. The summed E-state index contributed by atoms with van der Waals surface area (Å²) in [7, 11) is 1.60. The first kappa shape index (κ1) is 14.1. The minimum atomic E-state index is -1.03. The average Bonchev–Trinajstić information content (AvgIpc) is 2.84. The summed E-state index contributed by atoms with van der Waals surface area (Å²) in [5.74, 6) is -0.278. The number of ether oxygens (including phenoxy) is 1. The molecule has 0 aliphatic heterocycles. The number of aromatic carboxylic acids is 1. The third-order valence-electron chi connectivity index (χ3n) is 3.01. The van der Waals surface area contributed by atoms with Gasteiger partial charge in [-0.1, -0.05) is 20.8 Å². The first-order valence-corrected chi connectivity index (χ1v) is 6.31. The highest BCUT2D eigenvalue weighted by Gasteiger charge is 2.23. The molecule has 1 aromatic carbocycles. The molecule has 1 N–H and O–H groups in total. The van der Waals surface area contributed by atoms with E-state index in [0.29, 0.717) is 0 Å². The summed E-state index contributed by atoms with van der Waals surface area (Å²) in [6, 6.07) is 8.97. The van der Waals surface area contributed by atoms with Gasteiger partial charge in [0.05, 0.1) is 18.5 Å². The van der Waals surface area contributed by atoms with E-state index in [0.717, 1.165) is 17.1 Å². The third kappa shape index (κ3) is 2.66. The van der Waals surface area contributed by atoms with Crippen LogP contribution in [0.1, 0.15) is 37.0 Å². The first-order valence-electron chi connectivity index (χ1n) is 6.31. The van der Waals surface area contributed by atoms with Crippen molar-refractivity contribution in [1.82, 2.24) is 9.78 Å². The molecule has 0 radical (unpaired) electrons. The molecule has 1 aromatic heterocycles. The van der Waals surface area contributed by atoms with Crippen molar-refractivity contribution in [3.63, 3.8) is 0 Å². The van der Waals surface area contributed by atoms with Crippen LogP contribution < -0.4 is 4.74 Å². The Morgan fingerprint density at radius 3 is 2.30 bits per heavy atom. The van der Waals surface area contributed by atoms with E-state index >= 15 is 0 Å². The third-order valence-corrected chi connectivity index (χ3v) is 3.01. The van der Waals surface area contributed by atoms with Gasteiger partial charge in [-0.2, -0.15) is 5.10 Å². The van der Waals surface area contributed by atoms with E-state index in [9.17, 15) is 4.79 Å². The van der Waals surface area contributed by atoms with Gasteiger partial charge >= 0.3 is 5.97 Å². The van der Waals surface area contributed by atoms with Gasteiger partial charge in [0.15, 0.2) is 5.69 Å². The van der Waals surface area contributed by atoms with E-state index in [4.69, 9.17) is 9.84 Å². The van der Waals surface area contributed by atoms with Crippen LogP contribution in [0.5, 0.6) is 5.75 Å². The van der Waals surface area contributed by atoms with Gasteiger partial charge in [-0.25, -0.2) is 9.48 Å². The molecule has 0 amide bonds. The molecule has 2 aromatic rings. The fourth-order valence-electron chi connectivity index (χ4n) is 1.94. The van der Waals surface area contributed by atoms with Gasteiger partial charge in [0.1, 0.15) is 5.75 Å². The Bertz CT molecular complexity index is 622. The summed E-state index contributed by atoms with van der Waals surface area (Å²) in [4.78, 5) is 11.1. The number of benzene rings is 1. The smallest absolute Gasteiger partial charge is 0.356 e. The fraction of sp³-hybridized carbons (Fsp3) is 0.333. The van der Waals surface area contributed by atoms with E-state index in [-0.39, 0.29) is 11.1 Å². The van der Waals surface area contributed by atoms with Crippen LogP contribution in [0.15, 0.2) is 30.3 Å². The molecule has 5 heteroatoms. The minimum absolute atomic E-state index is 0.0470.